The summed E-state index contributed by atoms with van der Waals surface area (Å²) in [6, 6.07) is 10.7. The van der Waals surface area contributed by atoms with Gasteiger partial charge in [0.1, 0.15) is 5.56 Å². The number of amides is 2. The van der Waals surface area contributed by atoms with Gasteiger partial charge in [-0.2, -0.15) is 0 Å². The van der Waals surface area contributed by atoms with Gasteiger partial charge in [-0.1, -0.05) is 30.3 Å². The maximum atomic E-state index is 12.7. The number of hydrogen-bond donors (Lipinski definition) is 2. The second-order valence-electron chi connectivity index (χ2n) is 6.45. The summed E-state index contributed by atoms with van der Waals surface area (Å²) in [6.07, 6.45) is 2.30. The Morgan fingerprint density at radius 2 is 1.96 bits per heavy atom. The molecule has 0 aliphatic heterocycles. The molecule has 0 spiro atoms. The summed E-state index contributed by atoms with van der Waals surface area (Å²) in [5.74, 6) is -0.843. The molecule has 27 heavy (non-hydrogen) atoms. The summed E-state index contributed by atoms with van der Waals surface area (Å²) < 4.78 is 6.86. The van der Waals surface area contributed by atoms with Crippen molar-refractivity contribution in [2.45, 2.75) is 32.0 Å². The third-order valence-electron chi connectivity index (χ3n) is 4.44. The Kier molecular flexibility index (Phi) is 5.71. The highest BCUT2D eigenvalue weighted by atomic mass is 16.5. The number of ether oxygens (including phenoxy) is 1. The summed E-state index contributed by atoms with van der Waals surface area (Å²) in [4.78, 5) is 37.4. The number of nitrogens with zero attached hydrogens (tertiary/aromatic N) is 1. The van der Waals surface area contributed by atoms with E-state index in [1.54, 1.807) is 0 Å². The van der Waals surface area contributed by atoms with Gasteiger partial charge in [-0.15, -0.1) is 0 Å². The molecule has 1 aromatic heterocycles. The van der Waals surface area contributed by atoms with Crippen LogP contribution in [0, 0.1) is 0 Å². The zero-order chi connectivity index (χ0) is 19.4. The highest BCUT2D eigenvalue weighted by molar-refractivity contribution is 5.99. The van der Waals surface area contributed by atoms with Gasteiger partial charge in [-0.05, 0) is 25.0 Å². The summed E-state index contributed by atoms with van der Waals surface area (Å²) in [5, 5.41) is 5.34. The Morgan fingerprint density at radius 1 is 1.22 bits per heavy atom. The molecule has 0 radical (unpaired) electrons. The normalized spacial score (nSPS) is 18.0. The Hall–Kier alpha value is -2.93. The molecule has 2 atom stereocenters. The van der Waals surface area contributed by atoms with Gasteiger partial charge in [0, 0.05) is 19.9 Å². The number of carbonyl (C=O) groups is 2. The van der Waals surface area contributed by atoms with E-state index in [-0.39, 0.29) is 35.7 Å². The predicted molar refractivity (Wildman–Crippen MR) is 101 cm³/mol. The van der Waals surface area contributed by atoms with Crippen LogP contribution in [0.4, 0.5) is 0 Å². The number of carbonyl (C=O) groups excluding carboxylic acids is 2. The van der Waals surface area contributed by atoms with Gasteiger partial charge in [0.25, 0.3) is 17.4 Å². The van der Waals surface area contributed by atoms with Gasteiger partial charge >= 0.3 is 0 Å². The molecule has 142 valence electrons. The molecule has 1 aliphatic carbocycles. The van der Waals surface area contributed by atoms with E-state index in [4.69, 9.17) is 4.74 Å². The van der Waals surface area contributed by atoms with E-state index in [0.717, 1.165) is 12.0 Å². The standard InChI is InChI=1S/C20H23N3O4/c1-3-27-17-10-16(17)22-18(24)14-9-15(19(25)21-2)20(26)23(12-14)11-13-7-5-4-6-8-13/h4-9,12,16-17H,3,10-11H2,1-2H3,(H,21,25)(H,22,24). The molecule has 1 aromatic carbocycles. The number of rotatable bonds is 7. The van der Waals surface area contributed by atoms with Gasteiger partial charge in [0.2, 0.25) is 0 Å². The van der Waals surface area contributed by atoms with Crippen LogP contribution >= 0.6 is 0 Å². The van der Waals surface area contributed by atoms with Crippen molar-refractivity contribution in [3.63, 3.8) is 0 Å². The second kappa shape index (κ2) is 8.18. The van der Waals surface area contributed by atoms with Gasteiger partial charge in [0.15, 0.2) is 0 Å². The number of hydrogen-bond acceptors (Lipinski definition) is 4. The van der Waals surface area contributed by atoms with Crippen LogP contribution in [0.1, 0.15) is 39.6 Å². The van der Waals surface area contributed by atoms with Crippen molar-refractivity contribution in [1.82, 2.24) is 15.2 Å². The van der Waals surface area contributed by atoms with E-state index in [0.29, 0.717) is 6.61 Å². The molecule has 3 rings (SSSR count). The third kappa shape index (κ3) is 4.43. The minimum Gasteiger partial charge on any atom is -0.376 e. The van der Waals surface area contributed by atoms with E-state index in [2.05, 4.69) is 10.6 Å². The summed E-state index contributed by atoms with van der Waals surface area (Å²) in [6.45, 7) is 2.78. The van der Waals surface area contributed by atoms with Crippen molar-refractivity contribution in [2.24, 2.45) is 0 Å². The number of aromatic nitrogens is 1. The molecule has 0 saturated heterocycles. The van der Waals surface area contributed by atoms with Crippen molar-refractivity contribution < 1.29 is 14.3 Å². The van der Waals surface area contributed by atoms with Crippen LogP contribution < -0.4 is 16.2 Å². The molecule has 2 unspecified atom stereocenters. The monoisotopic (exact) mass is 369 g/mol. The molecular formula is C20H23N3O4. The first-order valence-corrected chi connectivity index (χ1v) is 8.96. The lowest BCUT2D eigenvalue weighted by Gasteiger charge is -2.12. The van der Waals surface area contributed by atoms with Gasteiger partial charge in [-0.3, -0.25) is 14.4 Å². The lowest BCUT2D eigenvalue weighted by atomic mass is 10.1. The minimum absolute atomic E-state index is 0.0320. The maximum Gasteiger partial charge on any atom is 0.263 e. The molecule has 7 heteroatoms. The first-order chi connectivity index (χ1) is 13.0. The Balaban J connectivity index is 1.89. The molecule has 2 amide bonds. The second-order valence-corrected chi connectivity index (χ2v) is 6.45. The van der Waals surface area contributed by atoms with Crippen molar-refractivity contribution >= 4 is 11.8 Å². The van der Waals surface area contributed by atoms with E-state index < -0.39 is 11.5 Å². The number of pyridine rings is 1. The minimum atomic E-state index is -0.518. The highest BCUT2D eigenvalue weighted by Gasteiger charge is 2.39. The first-order valence-electron chi connectivity index (χ1n) is 8.96. The lowest BCUT2D eigenvalue weighted by Crippen LogP contribution is -2.35. The molecule has 1 fully saturated rings. The summed E-state index contributed by atoms with van der Waals surface area (Å²) in [5.41, 5.74) is 0.677. The van der Waals surface area contributed by atoms with Crippen LogP contribution in [0.25, 0.3) is 0 Å². The van der Waals surface area contributed by atoms with Crippen LogP contribution in [-0.4, -0.2) is 42.2 Å². The maximum absolute atomic E-state index is 12.7. The first kappa shape index (κ1) is 18.8. The van der Waals surface area contributed by atoms with Crippen LogP contribution in [0.3, 0.4) is 0 Å². The molecule has 0 bridgehead atoms. The third-order valence-corrected chi connectivity index (χ3v) is 4.44. The average molecular weight is 369 g/mol. The fraction of sp³-hybridized carbons (Fsp3) is 0.350. The van der Waals surface area contributed by atoms with E-state index in [1.165, 1.54) is 23.9 Å². The van der Waals surface area contributed by atoms with Crippen LogP contribution in [0.2, 0.25) is 0 Å². The molecular weight excluding hydrogens is 346 g/mol. The Morgan fingerprint density at radius 3 is 2.63 bits per heavy atom. The van der Waals surface area contributed by atoms with Gasteiger partial charge < -0.3 is 19.9 Å². The van der Waals surface area contributed by atoms with Crippen molar-refractivity contribution in [3.05, 3.63) is 69.6 Å². The quantitative estimate of drug-likeness (QED) is 0.767. The van der Waals surface area contributed by atoms with Crippen LogP contribution in [-0.2, 0) is 11.3 Å². The summed E-state index contributed by atoms with van der Waals surface area (Å²) >= 11 is 0. The molecule has 1 aliphatic rings. The van der Waals surface area contributed by atoms with Gasteiger partial charge in [0.05, 0.1) is 24.3 Å². The van der Waals surface area contributed by atoms with Crippen molar-refractivity contribution in [3.8, 4) is 0 Å². The molecule has 2 N–H and O–H groups in total. The zero-order valence-electron chi connectivity index (χ0n) is 15.4. The molecule has 1 heterocycles. The van der Waals surface area contributed by atoms with Crippen molar-refractivity contribution in [2.75, 3.05) is 13.7 Å². The predicted octanol–water partition coefficient (Wildman–Crippen LogP) is 1.16. The number of benzene rings is 1. The van der Waals surface area contributed by atoms with E-state index >= 15 is 0 Å². The topological polar surface area (TPSA) is 89.4 Å². The molecule has 1 saturated carbocycles. The van der Waals surface area contributed by atoms with Gasteiger partial charge in [-0.25, -0.2) is 0 Å². The molecule has 2 aromatic rings. The SMILES string of the molecule is CCOC1CC1NC(=O)c1cc(C(=O)NC)c(=O)n(Cc2ccccc2)c1. The smallest absolute Gasteiger partial charge is 0.263 e. The largest absolute Gasteiger partial charge is 0.376 e. The average Bonchev–Trinajstić information content (AvgIpc) is 3.41. The van der Waals surface area contributed by atoms with Crippen molar-refractivity contribution in [1.29, 1.82) is 0 Å². The Labute approximate surface area is 157 Å². The van der Waals surface area contributed by atoms with Crippen LogP contribution in [0.15, 0.2) is 47.4 Å². The Bertz CT molecular complexity index is 892. The van der Waals surface area contributed by atoms with E-state index in [1.807, 2.05) is 37.3 Å². The highest BCUT2D eigenvalue weighted by Crippen LogP contribution is 2.25. The fourth-order valence-corrected chi connectivity index (χ4v) is 2.93. The van der Waals surface area contributed by atoms with E-state index in [9.17, 15) is 14.4 Å². The lowest BCUT2D eigenvalue weighted by molar-refractivity contribution is 0.0914. The van der Waals surface area contributed by atoms with Crippen LogP contribution in [0.5, 0.6) is 0 Å². The summed E-state index contributed by atoms with van der Waals surface area (Å²) in [7, 11) is 1.45. The molecule has 7 nitrogen and oxygen atoms in total. The fourth-order valence-electron chi connectivity index (χ4n) is 2.93. The number of nitrogens with one attached hydrogen (secondary N) is 2. The zero-order valence-corrected chi connectivity index (χ0v) is 15.4.